The van der Waals surface area contributed by atoms with Crippen molar-refractivity contribution >= 4 is 88.0 Å². The molecule has 0 spiro atoms. The van der Waals surface area contributed by atoms with Crippen LogP contribution in [0.5, 0.6) is 5.75 Å². The van der Waals surface area contributed by atoms with Gasteiger partial charge in [-0.25, -0.2) is 8.42 Å². The van der Waals surface area contributed by atoms with E-state index in [4.69, 9.17) is 4.55 Å². The Morgan fingerprint density at radius 3 is 2.04 bits per heavy atom. The second-order valence-corrected chi connectivity index (χ2v) is 8.34. The van der Waals surface area contributed by atoms with Gasteiger partial charge in [-0.3, -0.25) is 9.27 Å². The standard InChI is InChI=1S/C16H13NO6S2.K.H/c18-16-9-3-6-13-14(16)7-2-8-15(13)17-24(19,20)11-4-1-5-12(10-11)25(21,22)23;;/h1-10,17-18H,(H,21,22,23);;. The summed E-state index contributed by atoms with van der Waals surface area (Å²) in [5.74, 6) is 0.00641. The van der Waals surface area contributed by atoms with E-state index in [-0.39, 0.29) is 67.7 Å². The van der Waals surface area contributed by atoms with E-state index >= 15 is 0 Å². The van der Waals surface area contributed by atoms with Crippen molar-refractivity contribution in [1.29, 1.82) is 0 Å². The van der Waals surface area contributed by atoms with Gasteiger partial charge in [-0.2, -0.15) is 8.42 Å². The van der Waals surface area contributed by atoms with Crippen molar-refractivity contribution in [1.82, 2.24) is 0 Å². The molecule has 132 valence electrons. The maximum atomic E-state index is 12.6. The minimum atomic E-state index is -4.52. The minimum absolute atomic E-state index is 0. The second-order valence-electron chi connectivity index (χ2n) is 5.23. The summed E-state index contributed by atoms with van der Waals surface area (Å²) in [7, 11) is -8.63. The van der Waals surface area contributed by atoms with Crippen molar-refractivity contribution in [3.63, 3.8) is 0 Å². The summed E-state index contributed by atoms with van der Waals surface area (Å²) in [6, 6.07) is 13.8. The molecule has 3 aromatic rings. The van der Waals surface area contributed by atoms with Gasteiger partial charge in [0.05, 0.1) is 15.5 Å². The zero-order valence-electron chi connectivity index (χ0n) is 12.6. The van der Waals surface area contributed by atoms with Crippen molar-refractivity contribution in [2.75, 3.05) is 4.72 Å². The summed E-state index contributed by atoms with van der Waals surface area (Å²) >= 11 is 0. The molecule has 3 rings (SSSR count). The third kappa shape index (κ3) is 4.46. The number of phenolic OH excluding ortho intramolecular Hbond substituents is 1. The van der Waals surface area contributed by atoms with E-state index in [9.17, 15) is 21.9 Å². The first-order chi connectivity index (χ1) is 11.7. The number of hydrogen-bond donors (Lipinski definition) is 3. The Morgan fingerprint density at radius 1 is 0.769 bits per heavy atom. The Bertz CT molecular complexity index is 1180. The van der Waals surface area contributed by atoms with Crippen LogP contribution in [-0.2, 0) is 20.1 Å². The predicted octanol–water partition coefficient (Wildman–Crippen LogP) is 1.94. The second kappa shape index (κ2) is 7.95. The molecule has 0 fully saturated rings. The molecule has 0 aliphatic heterocycles. The molecule has 7 nitrogen and oxygen atoms in total. The Hall–Kier alpha value is -0.984. The van der Waals surface area contributed by atoms with Crippen LogP contribution >= 0.6 is 0 Å². The van der Waals surface area contributed by atoms with Crippen LogP contribution < -0.4 is 4.72 Å². The molecule has 10 heteroatoms. The van der Waals surface area contributed by atoms with E-state index < -0.39 is 25.0 Å². The van der Waals surface area contributed by atoms with Crippen molar-refractivity contribution in [2.24, 2.45) is 0 Å². The number of anilines is 1. The molecule has 0 unspecified atom stereocenters. The first-order valence-corrected chi connectivity index (χ1v) is 9.92. The van der Waals surface area contributed by atoms with Crippen LogP contribution in [-0.4, -0.2) is 77.9 Å². The summed E-state index contributed by atoms with van der Waals surface area (Å²) in [5.41, 5.74) is 0.227. The molecule has 0 aliphatic rings. The molecule has 0 saturated heterocycles. The fraction of sp³-hybridized carbons (Fsp3) is 0. The molecule has 0 radical (unpaired) electrons. The van der Waals surface area contributed by atoms with Crippen LogP contribution in [0.1, 0.15) is 0 Å². The van der Waals surface area contributed by atoms with E-state index in [1.807, 2.05) is 0 Å². The van der Waals surface area contributed by atoms with Gasteiger partial charge >= 0.3 is 51.4 Å². The third-order valence-electron chi connectivity index (χ3n) is 3.56. The van der Waals surface area contributed by atoms with Crippen LogP contribution in [0.4, 0.5) is 5.69 Å². The normalized spacial score (nSPS) is 11.7. The van der Waals surface area contributed by atoms with Gasteiger partial charge in [-0.05, 0) is 30.3 Å². The molecule has 26 heavy (non-hydrogen) atoms. The van der Waals surface area contributed by atoms with Crippen molar-refractivity contribution in [2.45, 2.75) is 9.79 Å². The molecular formula is C16H14KNO6S2. The molecule has 0 amide bonds. The molecule has 0 aliphatic carbocycles. The van der Waals surface area contributed by atoms with Gasteiger partial charge in [0.25, 0.3) is 20.1 Å². The van der Waals surface area contributed by atoms with Crippen molar-refractivity contribution in [3.8, 4) is 5.75 Å². The van der Waals surface area contributed by atoms with Crippen LogP contribution in [0, 0.1) is 0 Å². The van der Waals surface area contributed by atoms with Crippen LogP contribution in [0.25, 0.3) is 10.8 Å². The Labute approximate surface area is 193 Å². The van der Waals surface area contributed by atoms with Crippen LogP contribution in [0.2, 0.25) is 0 Å². The number of phenols is 1. The Balaban J connectivity index is 0.00000243. The van der Waals surface area contributed by atoms with Crippen LogP contribution in [0.3, 0.4) is 0 Å². The van der Waals surface area contributed by atoms with Gasteiger partial charge < -0.3 is 5.11 Å². The van der Waals surface area contributed by atoms with Gasteiger partial charge in [0.15, 0.2) is 0 Å². The fourth-order valence-corrected chi connectivity index (χ4v) is 4.11. The maximum absolute atomic E-state index is 12.6. The third-order valence-corrected chi connectivity index (χ3v) is 5.77. The fourth-order valence-electron chi connectivity index (χ4n) is 2.39. The van der Waals surface area contributed by atoms with E-state index in [1.165, 1.54) is 24.3 Å². The van der Waals surface area contributed by atoms with E-state index in [0.717, 1.165) is 12.1 Å². The quantitative estimate of drug-likeness (QED) is 0.439. The average molecular weight is 420 g/mol. The molecule has 0 bridgehead atoms. The monoisotopic (exact) mass is 419 g/mol. The molecule has 3 N–H and O–H groups in total. The van der Waals surface area contributed by atoms with Gasteiger partial charge in [0.2, 0.25) is 0 Å². The topological polar surface area (TPSA) is 121 Å². The first kappa shape index (κ1) is 21.3. The summed E-state index contributed by atoms with van der Waals surface area (Å²) in [4.78, 5) is -0.842. The summed E-state index contributed by atoms with van der Waals surface area (Å²) in [6.45, 7) is 0. The van der Waals surface area contributed by atoms with Gasteiger partial charge in [0.1, 0.15) is 5.75 Å². The zero-order chi connectivity index (χ0) is 18.2. The van der Waals surface area contributed by atoms with Crippen molar-refractivity contribution in [3.05, 3.63) is 60.7 Å². The number of fused-ring (bicyclic) bond motifs is 1. The Morgan fingerprint density at radius 2 is 1.35 bits per heavy atom. The predicted molar refractivity (Wildman–Crippen MR) is 99.8 cm³/mol. The Kier molecular flexibility index (Phi) is 6.51. The van der Waals surface area contributed by atoms with E-state index in [1.54, 1.807) is 24.3 Å². The molecule has 0 atom stereocenters. The number of rotatable bonds is 4. The first-order valence-electron chi connectivity index (χ1n) is 6.99. The van der Waals surface area contributed by atoms with Gasteiger partial charge in [-0.15, -0.1) is 0 Å². The van der Waals surface area contributed by atoms with Gasteiger partial charge in [-0.1, -0.05) is 30.3 Å². The number of hydrogen-bond acceptors (Lipinski definition) is 5. The number of aromatic hydroxyl groups is 1. The van der Waals surface area contributed by atoms with Crippen molar-refractivity contribution < 1.29 is 26.5 Å². The number of nitrogens with one attached hydrogen (secondary N) is 1. The summed E-state index contributed by atoms with van der Waals surface area (Å²) in [6.07, 6.45) is 0. The molecule has 0 saturated carbocycles. The van der Waals surface area contributed by atoms with E-state index in [0.29, 0.717) is 10.8 Å². The molecule has 0 aromatic heterocycles. The summed E-state index contributed by atoms with van der Waals surface area (Å²) in [5, 5.41) is 10.8. The summed E-state index contributed by atoms with van der Waals surface area (Å²) < 4.78 is 58.9. The molecular weight excluding hydrogens is 405 g/mol. The SMILES string of the molecule is O=S(=O)(O)c1cccc(S(=O)(=O)Nc2cccc3c(O)cccc23)c1.[KH]. The zero-order valence-corrected chi connectivity index (χ0v) is 14.3. The van der Waals surface area contributed by atoms with Gasteiger partial charge in [0, 0.05) is 10.8 Å². The van der Waals surface area contributed by atoms with Crippen LogP contribution in [0.15, 0.2) is 70.5 Å². The number of benzene rings is 3. The average Bonchev–Trinajstić information content (AvgIpc) is 2.55. The molecule has 3 aromatic carbocycles. The van der Waals surface area contributed by atoms with E-state index in [2.05, 4.69) is 4.72 Å². The number of sulfonamides is 1. The molecule has 0 heterocycles.